The van der Waals surface area contributed by atoms with Crippen molar-refractivity contribution in [2.24, 2.45) is 5.41 Å². The number of aryl methyl sites for hydroxylation is 1. The molecule has 118 valence electrons. The molecule has 2 atom stereocenters. The fourth-order valence-electron chi connectivity index (χ4n) is 2.98. The first-order chi connectivity index (χ1) is 9.74. The summed E-state index contributed by atoms with van der Waals surface area (Å²) in [6.45, 7) is 12.9. The van der Waals surface area contributed by atoms with Crippen LogP contribution < -0.4 is 5.32 Å². The lowest BCUT2D eigenvalue weighted by Crippen LogP contribution is -2.50. The summed E-state index contributed by atoms with van der Waals surface area (Å²) in [4.78, 5) is 18.2. The molecule has 0 aromatic carbocycles. The van der Waals surface area contributed by atoms with Gasteiger partial charge < -0.3 is 14.7 Å². The maximum atomic E-state index is 11.4. The summed E-state index contributed by atoms with van der Waals surface area (Å²) in [5.74, 6) is 1.32. The first-order valence-electron chi connectivity index (χ1n) is 7.54. The van der Waals surface area contributed by atoms with E-state index in [-0.39, 0.29) is 23.3 Å². The van der Waals surface area contributed by atoms with E-state index in [0.717, 1.165) is 26.1 Å². The van der Waals surface area contributed by atoms with Crippen molar-refractivity contribution in [3.05, 3.63) is 11.7 Å². The summed E-state index contributed by atoms with van der Waals surface area (Å²) in [5, 5.41) is 6.92. The Hall–Kier alpha value is -1.43. The molecular weight excluding hydrogens is 268 g/mol. The first-order valence-corrected chi connectivity index (χ1v) is 7.54. The Morgan fingerprint density at radius 3 is 2.71 bits per heavy atom. The number of hydrogen-bond acceptors (Lipinski definition) is 5. The largest absolute Gasteiger partial charge is 0.353 e. The van der Waals surface area contributed by atoms with Crippen LogP contribution >= 0.6 is 0 Å². The van der Waals surface area contributed by atoms with Crippen LogP contribution in [0.5, 0.6) is 0 Å². The molecular formula is C15H26N4O2. The van der Waals surface area contributed by atoms with E-state index in [9.17, 15) is 4.79 Å². The van der Waals surface area contributed by atoms with E-state index in [1.807, 2.05) is 6.92 Å². The van der Waals surface area contributed by atoms with Gasteiger partial charge >= 0.3 is 0 Å². The summed E-state index contributed by atoms with van der Waals surface area (Å²) in [7, 11) is 0. The van der Waals surface area contributed by atoms with Crippen LogP contribution in [0.4, 0.5) is 0 Å². The Morgan fingerprint density at radius 2 is 2.19 bits per heavy atom. The van der Waals surface area contributed by atoms with Crippen molar-refractivity contribution < 1.29 is 9.32 Å². The van der Waals surface area contributed by atoms with Crippen molar-refractivity contribution in [2.75, 3.05) is 19.6 Å². The predicted molar refractivity (Wildman–Crippen MR) is 79.9 cm³/mol. The molecule has 0 unspecified atom stereocenters. The molecule has 1 saturated heterocycles. The molecule has 1 amide bonds. The van der Waals surface area contributed by atoms with E-state index in [1.165, 1.54) is 0 Å². The molecule has 1 fully saturated rings. The van der Waals surface area contributed by atoms with Crippen LogP contribution in [0.1, 0.15) is 51.7 Å². The molecule has 1 aliphatic rings. The van der Waals surface area contributed by atoms with Crippen LogP contribution in [0.25, 0.3) is 0 Å². The summed E-state index contributed by atoms with van der Waals surface area (Å²) in [6, 6.07) is 0.0681. The number of carbonyl (C=O) groups is 1. The molecule has 2 rings (SSSR count). The second kappa shape index (κ2) is 6.13. The average Bonchev–Trinajstić information content (AvgIpc) is 2.75. The Balaban J connectivity index is 2.13. The maximum Gasteiger partial charge on any atom is 0.233 e. The van der Waals surface area contributed by atoms with Crippen LogP contribution in [0.3, 0.4) is 0 Å². The van der Waals surface area contributed by atoms with E-state index in [2.05, 4.69) is 41.1 Å². The first kappa shape index (κ1) is 15.9. The summed E-state index contributed by atoms with van der Waals surface area (Å²) in [5.41, 5.74) is 0.246. The van der Waals surface area contributed by atoms with Crippen molar-refractivity contribution in [1.82, 2.24) is 20.4 Å². The van der Waals surface area contributed by atoms with Crippen LogP contribution in [0.2, 0.25) is 0 Å². The molecule has 1 aromatic heterocycles. The van der Waals surface area contributed by atoms with E-state index < -0.39 is 0 Å². The highest BCUT2D eigenvalue weighted by molar-refractivity contribution is 5.73. The van der Waals surface area contributed by atoms with E-state index in [4.69, 9.17) is 4.52 Å². The normalized spacial score (nSPS) is 24.0. The Morgan fingerprint density at radius 1 is 1.48 bits per heavy atom. The number of nitrogens with one attached hydrogen (secondary N) is 1. The highest BCUT2D eigenvalue weighted by atomic mass is 16.5. The van der Waals surface area contributed by atoms with Crippen LogP contribution in [0.15, 0.2) is 4.52 Å². The van der Waals surface area contributed by atoms with Crippen LogP contribution in [-0.2, 0) is 4.79 Å². The van der Waals surface area contributed by atoms with E-state index >= 15 is 0 Å². The smallest absolute Gasteiger partial charge is 0.233 e. The minimum absolute atomic E-state index is 0.00879. The third-order valence-corrected chi connectivity index (χ3v) is 3.64. The number of nitrogens with zero attached hydrogens (tertiary/aromatic N) is 3. The number of amides is 1. The SMILES string of the molecule is CC(=O)N[C@@H]1CCN(CC(C)(C)C)C[C@@H]1c1nc(C)no1. The molecule has 1 aromatic rings. The summed E-state index contributed by atoms with van der Waals surface area (Å²) < 4.78 is 5.35. The van der Waals surface area contributed by atoms with Crippen molar-refractivity contribution in [3.8, 4) is 0 Å². The molecule has 21 heavy (non-hydrogen) atoms. The standard InChI is InChI=1S/C15H26N4O2/c1-10-16-14(21-18-10)12-8-19(9-15(3,4)5)7-6-13(12)17-11(2)20/h12-13H,6-9H2,1-5H3,(H,17,20)/t12-,13+/m0/s1. The second-order valence-electron chi connectivity index (χ2n) is 7.18. The topological polar surface area (TPSA) is 71.3 Å². The van der Waals surface area contributed by atoms with Gasteiger partial charge in [0, 0.05) is 32.6 Å². The number of likely N-dealkylation sites (tertiary alicyclic amines) is 1. The number of rotatable bonds is 3. The van der Waals surface area contributed by atoms with Gasteiger partial charge in [-0.15, -0.1) is 0 Å². The minimum Gasteiger partial charge on any atom is -0.353 e. The van der Waals surface area contributed by atoms with Crippen LogP contribution in [-0.4, -0.2) is 46.6 Å². The molecule has 1 N–H and O–H groups in total. The highest BCUT2D eigenvalue weighted by Crippen LogP contribution is 2.28. The zero-order valence-electron chi connectivity index (χ0n) is 13.6. The van der Waals surface area contributed by atoms with Gasteiger partial charge in [0.1, 0.15) is 0 Å². The summed E-state index contributed by atoms with van der Waals surface area (Å²) >= 11 is 0. The fourth-order valence-corrected chi connectivity index (χ4v) is 2.98. The third-order valence-electron chi connectivity index (χ3n) is 3.64. The van der Waals surface area contributed by atoms with Gasteiger partial charge in [0.15, 0.2) is 5.82 Å². The van der Waals surface area contributed by atoms with Gasteiger partial charge in [0.2, 0.25) is 11.8 Å². The molecule has 0 radical (unpaired) electrons. The predicted octanol–water partition coefficient (Wildman–Crippen LogP) is 1.72. The van der Waals surface area contributed by atoms with Crippen molar-refractivity contribution in [2.45, 2.75) is 53.0 Å². The molecule has 1 aliphatic heterocycles. The molecule has 0 saturated carbocycles. The van der Waals surface area contributed by atoms with Gasteiger partial charge in [0.05, 0.1) is 5.92 Å². The van der Waals surface area contributed by atoms with Crippen molar-refractivity contribution in [3.63, 3.8) is 0 Å². The quantitative estimate of drug-likeness (QED) is 0.919. The monoisotopic (exact) mass is 294 g/mol. The number of piperidine rings is 1. The van der Waals surface area contributed by atoms with Gasteiger partial charge in [-0.25, -0.2) is 0 Å². The average molecular weight is 294 g/mol. The lowest BCUT2D eigenvalue weighted by atomic mass is 9.89. The zero-order valence-corrected chi connectivity index (χ0v) is 13.6. The van der Waals surface area contributed by atoms with Gasteiger partial charge in [-0.1, -0.05) is 25.9 Å². The van der Waals surface area contributed by atoms with Crippen LogP contribution in [0, 0.1) is 12.3 Å². The van der Waals surface area contributed by atoms with Gasteiger partial charge in [-0.2, -0.15) is 4.98 Å². The molecule has 2 heterocycles. The Bertz CT molecular complexity index is 492. The highest BCUT2D eigenvalue weighted by Gasteiger charge is 2.35. The Labute approximate surface area is 126 Å². The molecule has 0 spiro atoms. The number of aromatic nitrogens is 2. The summed E-state index contributed by atoms with van der Waals surface area (Å²) in [6.07, 6.45) is 0.905. The van der Waals surface area contributed by atoms with Gasteiger partial charge in [-0.05, 0) is 18.8 Å². The maximum absolute atomic E-state index is 11.4. The third kappa shape index (κ3) is 4.52. The van der Waals surface area contributed by atoms with Crippen molar-refractivity contribution >= 4 is 5.91 Å². The lowest BCUT2D eigenvalue weighted by molar-refractivity contribution is -0.120. The molecule has 0 aliphatic carbocycles. The molecule has 6 nitrogen and oxygen atoms in total. The van der Waals surface area contributed by atoms with E-state index in [0.29, 0.717) is 11.7 Å². The van der Waals surface area contributed by atoms with Gasteiger partial charge in [0.25, 0.3) is 0 Å². The molecule has 6 heteroatoms. The zero-order chi connectivity index (χ0) is 15.6. The van der Waals surface area contributed by atoms with E-state index in [1.54, 1.807) is 6.92 Å². The second-order valence-corrected chi connectivity index (χ2v) is 7.18. The molecule has 0 bridgehead atoms. The Kier molecular flexibility index (Phi) is 4.66. The number of carbonyl (C=O) groups excluding carboxylic acids is 1. The fraction of sp³-hybridized carbons (Fsp3) is 0.800. The van der Waals surface area contributed by atoms with Crippen molar-refractivity contribution in [1.29, 1.82) is 0 Å². The minimum atomic E-state index is -0.00879. The lowest BCUT2D eigenvalue weighted by Gasteiger charge is -2.39. The number of hydrogen-bond donors (Lipinski definition) is 1. The van der Waals surface area contributed by atoms with Gasteiger partial charge in [-0.3, -0.25) is 4.79 Å².